The van der Waals surface area contributed by atoms with Crippen molar-refractivity contribution in [1.29, 1.82) is 0 Å². The van der Waals surface area contributed by atoms with Crippen LogP contribution in [0.5, 0.6) is 0 Å². The van der Waals surface area contributed by atoms with Crippen molar-refractivity contribution in [2.24, 2.45) is 0 Å². The van der Waals surface area contributed by atoms with E-state index in [9.17, 15) is 0 Å². The molecule has 1 aromatic heterocycles. The lowest BCUT2D eigenvalue weighted by Gasteiger charge is -2.14. The van der Waals surface area contributed by atoms with Crippen molar-refractivity contribution in [1.82, 2.24) is 4.98 Å². The van der Waals surface area contributed by atoms with Gasteiger partial charge >= 0.3 is 0 Å². The van der Waals surface area contributed by atoms with Gasteiger partial charge in [-0.05, 0) is 47.0 Å². The zero-order valence-electron chi connectivity index (χ0n) is 9.75. The summed E-state index contributed by atoms with van der Waals surface area (Å²) in [5, 5.41) is 4.96. The van der Waals surface area contributed by atoms with Crippen LogP contribution in [-0.4, -0.2) is 22.0 Å². The molecule has 1 heterocycles. The molecule has 2 unspecified atom stereocenters. The van der Waals surface area contributed by atoms with Gasteiger partial charge in [0.05, 0.1) is 9.50 Å². The van der Waals surface area contributed by atoms with E-state index >= 15 is 0 Å². The second-order valence-corrected chi connectivity index (χ2v) is 7.08. The molecule has 1 fully saturated rings. The summed E-state index contributed by atoms with van der Waals surface area (Å²) in [5.74, 6) is 2.11. The van der Waals surface area contributed by atoms with E-state index in [0.29, 0.717) is 11.1 Å². The van der Waals surface area contributed by atoms with Gasteiger partial charge in [-0.1, -0.05) is 18.5 Å². The van der Waals surface area contributed by atoms with Crippen LogP contribution in [0.2, 0.25) is 5.02 Å². The van der Waals surface area contributed by atoms with Gasteiger partial charge in [0, 0.05) is 17.5 Å². The number of nitrogens with zero attached hydrogens (tertiary/aromatic N) is 1. The molecule has 1 aliphatic rings. The van der Waals surface area contributed by atoms with E-state index in [-0.39, 0.29) is 0 Å². The molecule has 1 aliphatic carbocycles. The third-order valence-corrected chi connectivity index (χ3v) is 4.98. The van der Waals surface area contributed by atoms with Crippen molar-refractivity contribution in [3.63, 3.8) is 0 Å². The van der Waals surface area contributed by atoms with Crippen LogP contribution < -0.4 is 5.32 Å². The van der Waals surface area contributed by atoms with Gasteiger partial charge in [0.15, 0.2) is 0 Å². The molecule has 0 bridgehead atoms. The van der Waals surface area contributed by atoms with Crippen LogP contribution in [0, 0.1) is 0 Å². The second kappa shape index (κ2) is 6.30. The first-order chi connectivity index (χ1) is 8.19. The Morgan fingerprint density at radius 1 is 1.59 bits per heavy atom. The maximum Gasteiger partial charge on any atom is 0.140 e. The van der Waals surface area contributed by atoms with Crippen molar-refractivity contribution >= 4 is 45.1 Å². The van der Waals surface area contributed by atoms with Gasteiger partial charge in [-0.2, -0.15) is 11.8 Å². The highest BCUT2D eigenvalue weighted by molar-refractivity contribution is 9.10. The maximum atomic E-state index is 5.87. The Labute approximate surface area is 120 Å². The summed E-state index contributed by atoms with van der Waals surface area (Å²) in [5.41, 5.74) is 0. The van der Waals surface area contributed by atoms with Crippen molar-refractivity contribution in [2.75, 3.05) is 11.1 Å². The van der Waals surface area contributed by atoms with Crippen LogP contribution in [0.4, 0.5) is 5.82 Å². The normalized spacial score (nSPS) is 23.9. The average molecular weight is 336 g/mol. The number of nitrogens with one attached hydrogen (secondary N) is 1. The van der Waals surface area contributed by atoms with Gasteiger partial charge in [0.25, 0.3) is 0 Å². The van der Waals surface area contributed by atoms with Crippen LogP contribution in [-0.2, 0) is 0 Å². The fourth-order valence-electron chi connectivity index (χ4n) is 2.17. The van der Waals surface area contributed by atoms with Crippen molar-refractivity contribution in [3.8, 4) is 0 Å². The van der Waals surface area contributed by atoms with Crippen molar-refractivity contribution in [3.05, 3.63) is 21.8 Å². The lowest BCUT2D eigenvalue weighted by molar-refractivity contribution is 0.751. The minimum atomic E-state index is 0.545. The summed E-state index contributed by atoms with van der Waals surface area (Å²) in [6.07, 6.45) is 5.45. The van der Waals surface area contributed by atoms with Crippen LogP contribution >= 0.6 is 39.3 Å². The SMILES string of the molecule is CCSC1CCC(Nc2ncc(Cl)cc2Br)C1. The highest BCUT2D eigenvalue weighted by Gasteiger charge is 2.25. The van der Waals surface area contributed by atoms with E-state index < -0.39 is 0 Å². The van der Waals surface area contributed by atoms with Crippen LogP contribution in [0.15, 0.2) is 16.7 Å². The first-order valence-electron chi connectivity index (χ1n) is 5.88. The Morgan fingerprint density at radius 3 is 3.12 bits per heavy atom. The Balaban J connectivity index is 1.93. The smallest absolute Gasteiger partial charge is 0.140 e. The van der Waals surface area contributed by atoms with Gasteiger partial charge in [-0.25, -0.2) is 4.98 Å². The molecule has 2 nitrogen and oxygen atoms in total. The van der Waals surface area contributed by atoms with E-state index in [1.54, 1.807) is 6.20 Å². The Bertz CT molecular complexity index is 389. The zero-order valence-corrected chi connectivity index (χ0v) is 12.9. The molecule has 0 amide bonds. The summed E-state index contributed by atoms with van der Waals surface area (Å²) in [4.78, 5) is 4.32. The van der Waals surface area contributed by atoms with E-state index in [0.717, 1.165) is 15.5 Å². The Morgan fingerprint density at radius 2 is 2.41 bits per heavy atom. The molecule has 1 N–H and O–H groups in total. The van der Waals surface area contributed by atoms with Gasteiger partial charge in [0.1, 0.15) is 5.82 Å². The lowest BCUT2D eigenvalue weighted by atomic mass is 10.2. The first-order valence-corrected chi connectivity index (χ1v) is 8.10. The highest BCUT2D eigenvalue weighted by Crippen LogP contribution is 2.32. The predicted molar refractivity (Wildman–Crippen MR) is 80.1 cm³/mol. The molecule has 2 atom stereocenters. The highest BCUT2D eigenvalue weighted by atomic mass is 79.9. The third-order valence-electron chi connectivity index (χ3n) is 2.94. The molecule has 1 saturated carbocycles. The molecule has 2 rings (SSSR count). The number of aromatic nitrogens is 1. The number of thioether (sulfide) groups is 1. The van der Waals surface area contributed by atoms with Gasteiger partial charge in [-0.15, -0.1) is 0 Å². The third kappa shape index (κ3) is 3.76. The molecule has 0 spiro atoms. The van der Waals surface area contributed by atoms with Gasteiger partial charge < -0.3 is 5.32 Å². The summed E-state index contributed by atoms with van der Waals surface area (Å²) in [7, 11) is 0. The monoisotopic (exact) mass is 334 g/mol. The number of rotatable bonds is 4. The Kier molecular flexibility index (Phi) is 5.00. The minimum Gasteiger partial charge on any atom is -0.366 e. The second-order valence-electron chi connectivity index (χ2n) is 4.22. The molecular formula is C12H16BrClN2S. The van der Waals surface area contributed by atoms with Gasteiger partial charge in [0.2, 0.25) is 0 Å². The lowest BCUT2D eigenvalue weighted by Crippen LogP contribution is -2.17. The fraction of sp³-hybridized carbons (Fsp3) is 0.583. The van der Waals surface area contributed by atoms with E-state index in [4.69, 9.17) is 11.6 Å². The predicted octanol–water partition coefficient (Wildman–Crippen LogP) is 4.58. The molecule has 0 aromatic carbocycles. The molecule has 1 aromatic rings. The molecular weight excluding hydrogens is 320 g/mol. The fourth-order valence-corrected chi connectivity index (χ4v) is 4.07. The van der Waals surface area contributed by atoms with Crippen LogP contribution in [0.3, 0.4) is 0 Å². The molecule has 5 heteroatoms. The van der Waals surface area contributed by atoms with Gasteiger partial charge in [-0.3, -0.25) is 0 Å². The van der Waals surface area contributed by atoms with Crippen molar-refractivity contribution in [2.45, 2.75) is 37.5 Å². The molecule has 17 heavy (non-hydrogen) atoms. The number of hydrogen-bond donors (Lipinski definition) is 1. The summed E-state index contributed by atoms with van der Waals surface area (Å²) in [6, 6.07) is 2.42. The summed E-state index contributed by atoms with van der Waals surface area (Å²) in [6.45, 7) is 2.22. The molecule has 94 valence electrons. The van der Waals surface area contributed by atoms with E-state index in [1.807, 2.05) is 6.07 Å². The van der Waals surface area contributed by atoms with E-state index in [1.165, 1.54) is 25.0 Å². The largest absolute Gasteiger partial charge is 0.366 e. The Hall–Kier alpha value is 0.0700. The topological polar surface area (TPSA) is 24.9 Å². The quantitative estimate of drug-likeness (QED) is 0.871. The average Bonchev–Trinajstić information content (AvgIpc) is 2.71. The standard InChI is InChI=1S/C12H16BrClN2S/c1-2-17-10-4-3-9(6-10)16-12-11(13)5-8(14)7-15-12/h5,7,9-10H,2-4,6H2,1H3,(H,15,16). The van der Waals surface area contributed by atoms with Crippen LogP contribution in [0.1, 0.15) is 26.2 Å². The number of anilines is 1. The summed E-state index contributed by atoms with van der Waals surface area (Å²) < 4.78 is 0.941. The van der Waals surface area contributed by atoms with Crippen molar-refractivity contribution < 1.29 is 0 Å². The number of pyridine rings is 1. The number of hydrogen-bond acceptors (Lipinski definition) is 3. The first kappa shape index (κ1) is 13.5. The minimum absolute atomic E-state index is 0.545. The summed E-state index contributed by atoms with van der Waals surface area (Å²) >= 11 is 11.4. The molecule has 0 radical (unpaired) electrons. The zero-order chi connectivity index (χ0) is 12.3. The molecule has 0 saturated heterocycles. The van der Waals surface area contributed by atoms with Crippen LogP contribution in [0.25, 0.3) is 0 Å². The van der Waals surface area contributed by atoms with E-state index in [2.05, 4.69) is 44.9 Å². The maximum absolute atomic E-state index is 5.87. The molecule has 0 aliphatic heterocycles. The number of halogens is 2.